The molecule has 0 saturated carbocycles. The molecule has 3 rings (SSSR count). The third-order valence-corrected chi connectivity index (χ3v) is 4.56. The zero-order valence-corrected chi connectivity index (χ0v) is 14.3. The van der Waals surface area contributed by atoms with Gasteiger partial charge in [0.05, 0.1) is 11.1 Å². The first-order valence-corrected chi connectivity index (χ1v) is 8.39. The Morgan fingerprint density at radius 3 is 2.81 bits per heavy atom. The highest BCUT2D eigenvalue weighted by molar-refractivity contribution is 5.94. The predicted octanol–water partition coefficient (Wildman–Crippen LogP) is 2.58. The zero-order chi connectivity index (χ0) is 18.9. The summed E-state index contributed by atoms with van der Waals surface area (Å²) < 4.78 is 39.8. The van der Waals surface area contributed by atoms with Crippen LogP contribution < -0.4 is 10.2 Å². The summed E-state index contributed by atoms with van der Waals surface area (Å²) in [6.45, 7) is 2.57. The van der Waals surface area contributed by atoms with Gasteiger partial charge in [-0.25, -0.2) is 0 Å². The highest BCUT2D eigenvalue weighted by Crippen LogP contribution is 2.38. The van der Waals surface area contributed by atoms with Gasteiger partial charge in [-0.2, -0.15) is 13.2 Å². The fraction of sp³-hybridized carbons (Fsp3) is 0.444. The third-order valence-electron chi connectivity index (χ3n) is 4.56. The first-order valence-electron chi connectivity index (χ1n) is 8.39. The number of pyridine rings is 1. The summed E-state index contributed by atoms with van der Waals surface area (Å²) >= 11 is 0. The number of carbonyl (C=O) groups excluding carboxylic acids is 1. The second kappa shape index (κ2) is 7.11. The van der Waals surface area contributed by atoms with Gasteiger partial charge in [-0.15, -0.1) is 0 Å². The van der Waals surface area contributed by atoms with E-state index >= 15 is 0 Å². The molecule has 2 aromatic rings. The first-order chi connectivity index (χ1) is 12.3. The van der Waals surface area contributed by atoms with Crippen molar-refractivity contribution in [1.82, 2.24) is 10.3 Å². The molecule has 2 atom stereocenters. The highest BCUT2D eigenvalue weighted by Gasteiger charge is 2.34. The van der Waals surface area contributed by atoms with E-state index in [1.807, 2.05) is 11.8 Å². The van der Waals surface area contributed by atoms with E-state index in [0.29, 0.717) is 24.2 Å². The summed E-state index contributed by atoms with van der Waals surface area (Å²) in [7, 11) is 0. The van der Waals surface area contributed by atoms with Crippen LogP contribution in [0.1, 0.15) is 18.9 Å². The molecule has 1 amide bonds. The molecule has 1 saturated heterocycles. The smallest absolute Gasteiger partial charge is 0.387 e. The summed E-state index contributed by atoms with van der Waals surface area (Å²) in [4.78, 5) is 17.4. The van der Waals surface area contributed by atoms with E-state index < -0.39 is 24.3 Å². The van der Waals surface area contributed by atoms with Crippen LogP contribution in [-0.4, -0.2) is 41.7 Å². The summed E-state index contributed by atoms with van der Waals surface area (Å²) in [5.74, 6) is -0.218. The highest BCUT2D eigenvalue weighted by atomic mass is 19.4. The standard InChI is InChI=1S/C18H20F3N3O2/c1-11-7-12(23-16(26)10-25)9-24(8-11)15-5-4-14(18(19,20)21)17-13(15)3-2-6-22-17/h2-6,11-12,25H,7-10H2,1H3,(H,23,26)/t11-,12+/m0/s1. The number of anilines is 1. The van der Waals surface area contributed by atoms with Crippen LogP contribution in [0, 0.1) is 5.92 Å². The molecular weight excluding hydrogens is 347 g/mol. The van der Waals surface area contributed by atoms with Crippen LogP contribution in [-0.2, 0) is 11.0 Å². The lowest BCUT2D eigenvalue weighted by molar-refractivity contribution is -0.136. The Bertz CT molecular complexity index is 810. The van der Waals surface area contributed by atoms with Gasteiger partial charge >= 0.3 is 6.18 Å². The maximum Gasteiger partial charge on any atom is 0.418 e. The fourth-order valence-corrected chi connectivity index (χ4v) is 3.59. The number of nitrogens with one attached hydrogen (secondary N) is 1. The lowest BCUT2D eigenvalue weighted by atomic mass is 9.94. The van der Waals surface area contributed by atoms with Gasteiger partial charge in [-0.1, -0.05) is 6.92 Å². The second-order valence-electron chi connectivity index (χ2n) is 6.70. The van der Waals surface area contributed by atoms with Gasteiger partial charge < -0.3 is 15.3 Å². The Balaban J connectivity index is 1.98. The van der Waals surface area contributed by atoms with Crippen LogP contribution in [0.2, 0.25) is 0 Å². The third kappa shape index (κ3) is 3.75. The number of aliphatic hydroxyl groups is 1. The molecule has 26 heavy (non-hydrogen) atoms. The Morgan fingerprint density at radius 2 is 2.12 bits per heavy atom. The number of aliphatic hydroxyl groups excluding tert-OH is 1. The van der Waals surface area contributed by atoms with Crippen LogP contribution in [0.5, 0.6) is 0 Å². The minimum atomic E-state index is -4.47. The molecule has 1 aliphatic rings. The van der Waals surface area contributed by atoms with Gasteiger partial charge in [0.1, 0.15) is 6.61 Å². The van der Waals surface area contributed by atoms with Crippen molar-refractivity contribution < 1.29 is 23.1 Å². The fourth-order valence-electron chi connectivity index (χ4n) is 3.59. The predicted molar refractivity (Wildman–Crippen MR) is 91.8 cm³/mol. The van der Waals surface area contributed by atoms with Crippen LogP contribution in [0.25, 0.3) is 10.9 Å². The summed E-state index contributed by atoms with van der Waals surface area (Å²) in [5.41, 5.74) is -0.172. The second-order valence-corrected chi connectivity index (χ2v) is 6.70. The number of hydrogen-bond acceptors (Lipinski definition) is 4. The number of hydrogen-bond donors (Lipinski definition) is 2. The molecule has 0 spiro atoms. The number of halogens is 3. The number of amides is 1. The van der Waals surface area contributed by atoms with Gasteiger partial charge in [-0.05, 0) is 36.6 Å². The van der Waals surface area contributed by atoms with Crippen molar-refractivity contribution in [3.05, 3.63) is 36.0 Å². The number of alkyl halides is 3. The molecule has 1 aromatic heterocycles. The van der Waals surface area contributed by atoms with Crippen molar-refractivity contribution in [3.63, 3.8) is 0 Å². The number of fused-ring (bicyclic) bond motifs is 1. The van der Waals surface area contributed by atoms with E-state index in [1.54, 1.807) is 12.1 Å². The summed E-state index contributed by atoms with van der Waals surface area (Å²) in [6.07, 6.45) is -2.37. The molecule has 1 aliphatic heterocycles. The van der Waals surface area contributed by atoms with Crippen molar-refractivity contribution in [1.29, 1.82) is 0 Å². The SMILES string of the molecule is C[C@H]1C[C@@H](NC(=O)CO)CN(c2ccc(C(F)(F)F)c3ncccc23)C1. The van der Waals surface area contributed by atoms with Gasteiger partial charge in [0, 0.05) is 36.4 Å². The largest absolute Gasteiger partial charge is 0.418 e. The van der Waals surface area contributed by atoms with Gasteiger partial charge in [0.2, 0.25) is 5.91 Å². The number of piperidine rings is 1. The summed E-state index contributed by atoms with van der Waals surface area (Å²) in [5, 5.41) is 12.1. The molecule has 8 heteroatoms. The van der Waals surface area contributed by atoms with E-state index in [2.05, 4.69) is 10.3 Å². The molecule has 140 valence electrons. The Labute approximate surface area is 148 Å². The lowest BCUT2D eigenvalue weighted by Crippen LogP contribution is -2.51. The maximum absolute atomic E-state index is 13.3. The molecular formula is C18H20F3N3O2. The van der Waals surface area contributed by atoms with Gasteiger partial charge in [-0.3, -0.25) is 9.78 Å². The van der Waals surface area contributed by atoms with Crippen molar-refractivity contribution in [2.24, 2.45) is 5.92 Å². The molecule has 0 bridgehead atoms. The zero-order valence-electron chi connectivity index (χ0n) is 14.3. The van der Waals surface area contributed by atoms with E-state index in [4.69, 9.17) is 5.11 Å². The van der Waals surface area contributed by atoms with Crippen LogP contribution in [0.3, 0.4) is 0 Å². The van der Waals surface area contributed by atoms with Gasteiger partial charge in [0.25, 0.3) is 0 Å². The molecule has 0 unspecified atom stereocenters. The van der Waals surface area contributed by atoms with Gasteiger partial charge in [0.15, 0.2) is 0 Å². The minimum absolute atomic E-state index is 0.0772. The molecule has 5 nitrogen and oxygen atoms in total. The van der Waals surface area contributed by atoms with E-state index in [-0.39, 0.29) is 17.5 Å². The van der Waals surface area contributed by atoms with Crippen molar-refractivity contribution in [3.8, 4) is 0 Å². The minimum Gasteiger partial charge on any atom is -0.387 e. The van der Waals surface area contributed by atoms with Crippen LogP contribution in [0.15, 0.2) is 30.5 Å². The Kier molecular flexibility index (Phi) is 5.04. The number of rotatable bonds is 3. The first kappa shape index (κ1) is 18.4. The molecule has 0 radical (unpaired) electrons. The van der Waals surface area contributed by atoms with Crippen LogP contribution in [0.4, 0.5) is 18.9 Å². The van der Waals surface area contributed by atoms with Crippen molar-refractivity contribution in [2.75, 3.05) is 24.6 Å². The molecule has 2 N–H and O–H groups in total. The molecule has 2 heterocycles. The number of aromatic nitrogens is 1. The number of carbonyl (C=O) groups is 1. The normalized spacial score (nSPS) is 21.0. The Morgan fingerprint density at radius 1 is 1.35 bits per heavy atom. The van der Waals surface area contributed by atoms with E-state index in [9.17, 15) is 18.0 Å². The summed E-state index contributed by atoms with van der Waals surface area (Å²) in [6, 6.07) is 5.60. The monoisotopic (exact) mass is 367 g/mol. The quantitative estimate of drug-likeness (QED) is 0.875. The Hall–Kier alpha value is -2.35. The number of benzene rings is 1. The lowest BCUT2D eigenvalue weighted by Gasteiger charge is -2.38. The molecule has 1 fully saturated rings. The van der Waals surface area contributed by atoms with E-state index in [0.717, 1.165) is 12.5 Å². The van der Waals surface area contributed by atoms with Crippen molar-refractivity contribution >= 4 is 22.5 Å². The topological polar surface area (TPSA) is 65.5 Å². The average Bonchev–Trinajstić information content (AvgIpc) is 2.59. The molecule has 0 aliphatic carbocycles. The van der Waals surface area contributed by atoms with E-state index in [1.165, 1.54) is 12.3 Å². The van der Waals surface area contributed by atoms with Crippen molar-refractivity contribution in [2.45, 2.75) is 25.6 Å². The number of nitrogens with zero attached hydrogens (tertiary/aromatic N) is 2. The van der Waals surface area contributed by atoms with Crippen LogP contribution >= 0.6 is 0 Å². The average molecular weight is 367 g/mol. The molecule has 1 aromatic carbocycles. The maximum atomic E-state index is 13.3.